The Hall–Kier alpha value is -1.16. The quantitative estimate of drug-likeness (QED) is 0.752. The third-order valence-electron chi connectivity index (χ3n) is 2.42. The van der Waals surface area contributed by atoms with Crippen molar-refractivity contribution >= 4 is 60.5 Å². The predicted molar refractivity (Wildman–Crippen MR) is 83.8 cm³/mol. The zero-order valence-corrected chi connectivity index (χ0v) is 14.4. The number of aromatic carboxylic acids is 1. The first-order chi connectivity index (χ1) is 9.70. The van der Waals surface area contributed by atoms with Crippen molar-refractivity contribution in [2.24, 2.45) is 0 Å². The van der Waals surface area contributed by atoms with Crippen LogP contribution < -0.4 is 4.72 Å². The molecule has 0 spiro atoms. The fourth-order valence-corrected chi connectivity index (χ4v) is 5.01. The molecular formula is C11H8BrClN2O4S2. The van der Waals surface area contributed by atoms with E-state index in [1.807, 2.05) is 0 Å². The smallest absolute Gasteiger partial charge is 0.345 e. The number of hydrogen-bond acceptors (Lipinski definition) is 5. The summed E-state index contributed by atoms with van der Waals surface area (Å²) in [6.45, 7) is 1.69. The molecule has 0 amide bonds. The molecule has 0 aliphatic heterocycles. The molecule has 0 aliphatic rings. The number of rotatable bonds is 4. The largest absolute Gasteiger partial charge is 0.477 e. The summed E-state index contributed by atoms with van der Waals surface area (Å²) in [5, 5.41) is 9.18. The van der Waals surface area contributed by atoms with Crippen LogP contribution in [0.3, 0.4) is 0 Å². The summed E-state index contributed by atoms with van der Waals surface area (Å²) < 4.78 is 27.1. The number of nitrogens with zero attached hydrogens (tertiary/aromatic N) is 1. The Morgan fingerprint density at radius 1 is 1.48 bits per heavy atom. The summed E-state index contributed by atoms with van der Waals surface area (Å²) in [5.74, 6) is -1.19. The third-order valence-corrected chi connectivity index (χ3v) is 6.44. The Labute approximate surface area is 138 Å². The number of nitrogens with one attached hydrogen (secondary N) is 1. The van der Waals surface area contributed by atoms with Crippen LogP contribution in [0.25, 0.3) is 0 Å². The van der Waals surface area contributed by atoms with Gasteiger partial charge in [-0.3, -0.25) is 4.72 Å². The molecule has 0 saturated carbocycles. The topological polar surface area (TPSA) is 96.4 Å². The van der Waals surface area contributed by atoms with Crippen LogP contribution in [-0.2, 0) is 10.0 Å². The number of pyridine rings is 1. The summed E-state index contributed by atoms with van der Waals surface area (Å²) in [5.41, 5.74) is 0.861. The Kier molecular flexibility index (Phi) is 4.57. The van der Waals surface area contributed by atoms with Crippen LogP contribution in [0.1, 0.15) is 15.2 Å². The van der Waals surface area contributed by atoms with Crippen LogP contribution in [0.15, 0.2) is 27.0 Å². The molecule has 2 heterocycles. The molecule has 10 heteroatoms. The molecule has 0 aromatic carbocycles. The molecular weight excluding hydrogens is 404 g/mol. The van der Waals surface area contributed by atoms with Crippen molar-refractivity contribution in [3.8, 4) is 0 Å². The van der Waals surface area contributed by atoms with Gasteiger partial charge in [-0.05, 0) is 40.5 Å². The summed E-state index contributed by atoms with van der Waals surface area (Å²) in [7, 11) is -3.92. The van der Waals surface area contributed by atoms with Gasteiger partial charge in [0.15, 0.2) is 0 Å². The Balaban J connectivity index is 2.38. The van der Waals surface area contributed by atoms with Crippen LogP contribution in [0, 0.1) is 6.92 Å². The van der Waals surface area contributed by atoms with Gasteiger partial charge in [-0.25, -0.2) is 18.2 Å². The maximum atomic E-state index is 12.3. The van der Waals surface area contributed by atoms with Gasteiger partial charge in [0.1, 0.15) is 14.9 Å². The van der Waals surface area contributed by atoms with E-state index in [-0.39, 0.29) is 24.4 Å². The lowest BCUT2D eigenvalue weighted by Crippen LogP contribution is -2.13. The first-order valence-electron chi connectivity index (χ1n) is 5.38. The highest BCUT2D eigenvalue weighted by Gasteiger charge is 2.23. The molecule has 2 N–H and O–H groups in total. The minimum Gasteiger partial charge on any atom is -0.477 e. The maximum Gasteiger partial charge on any atom is 0.345 e. The second-order valence-corrected chi connectivity index (χ2v) is 8.37. The van der Waals surface area contributed by atoms with Crippen molar-refractivity contribution in [3.05, 3.63) is 37.7 Å². The first kappa shape index (κ1) is 16.2. The molecule has 6 nitrogen and oxygen atoms in total. The van der Waals surface area contributed by atoms with Gasteiger partial charge >= 0.3 is 5.97 Å². The van der Waals surface area contributed by atoms with Crippen molar-refractivity contribution in [1.29, 1.82) is 0 Å². The lowest BCUT2D eigenvalue weighted by molar-refractivity contribution is 0.0702. The summed E-state index contributed by atoms with van der Waals surface area (Å²) in [4.78, 5) is 14.5. The summed E-state index contributed by atoms with van der Waals surface area (Å²) in [6, 6.07) is 2.63. The zero-order valence-electron chi connectivity index (χ0n) is 10.4. The fraction of sp³-hybridized carbons (Fsp3) is 0.0909. The van der Waals surface area contributed by atoms with E-state index in [9.17, 15) is 13.2 Å². The van der Waals surface area contributed by atoms with Crippen LogP contribution in [-0.4, -0.2) is 24.5 Å². The molecule has 2 aromatic rings. The van der Waals surface area contributed by atoms with E-state index in [4.69, 9.17) is 16.7 Å². The van der Waals surface area contributed by atoms with Gasteiger partial charge in [0.25, 0.3) is 10.0 Å². The average molecular weight is 412 g/mol. The van der Waals surface area contributed by atoms with Gasteiger partial charge in [0, 0.05) is 0 Å². The number of thiophene rings is 1. The predicted octanol–water partition coefficient (Wildman–Crippen LogP) is 3.37. The van der Waals surface area contributed by atoms with Crippen molar-refractivity contribution in [1.82, 2.24) is 4.98 Å². The molecule has 2 rings (SSSR count). The first-order valence-corrected chi connectivity index (χ1v) is 8.85. The normalized spacial score (nSPS) is 11.4. The van der Waals surface area contributed by atoms with E-state index < -0.39 is 16.0 Å². The van der Waals surface area contributed by atoms with E-state index >= 15 is 0 Å². The molecule has 0 saturated heterocycles. The number of hydrogen-bond donors (Lipinski definition) is 2. The molecule has 0 fully saturated rings. The van der Waals surface area contributed by atoms with Crippen molar-refractivity contribution in [2.45, 2.75) is 11.8 Å². The number of carboxylic acids is 1. The summed E-state index contributed by atoms with van der Waals surface area (Å²) >= 11 is 9.66. The van der Waals surface area contributed by atoms with E-state index in [1.54, 1.807) is 6.92 Å². The maximum absolute atomic E-state index is 12.3. The van der Waals surface area contributed by atoms with E-state index in [1.165, 1.54) is 12.3 Å². The second kappa shape index (κ2) is 5.91. The van der Waals surface area contributed by atoms with Crippen molar-refractivity contribution in [2.75, 3.05) is 4.72 Å². The Bertz CT molecular complexity index is 820. The molecule has 112 valence electrons. The fourth-order valence-electron chi connectivity index (χ4n) is 1.46. The molecule has 2 aromatic heterocycles. The van der Waals surface area contributed by atoms with Gasteiger partial charge in [-0.2, -0.15) is 0 Å². The number of aromatic nitrogens is 1. The van der Waals surface area contributed by atoms with E-state index in [2.05, 4.69) is 25.6 Å². The Morgan fingerprint density at radius 2 is 2.14 bits per heavy atom. The Morgan fingerprint density at radius 3 is 2.67 bits per heavy atom. The van der Waals surface area contributed by atoms with Crippen molar-refractivity contribution < 1.29 is 18.3 Å². The highest BCUT2D eigenvalue weighted by Crippen LogP contribution is 2.33. The molecule has 0 radical (unpaired) electrons. The molecule has 0 aliphatic carbocycles. The summed E-state index contributed by atoms with van der Waals surface area (Å²) in [6.07, 6.45) is 1.28. The van der Waals surface area contributed by atoms with Crippen LogP contribution in [0.2, 0.25) is 5.15 Å². The molecule has 0 atom stereocenters. The zero-order chi connectivity index (χ0) is 15.8. The monoisotopic (exact) mass is 410 g/mol. The average Bonchev–Trinajstić information content (AvgIpc) is 2.77. The molecule has 0 bridgehead atoms. The molecule has 21 heavy (non-hydrogen) atoms. The van der Waals surface area contributed by atoms with Crippen LogP contribution >= 0.6 is 38.9 Å². The van der Waals surface area contributed by atoms with Gasteiger partial charge in [0.2, 0.25) is 0 Å². The third kappa shape index (κ3) is 3.54. The van der Waals surface area contributed by atoms with E-state index in [0.717, 1.165) is 17.4 Å². The van der Waals surface area contributed by atoms with Crippen LogP contribution in [0.4, 0.5) is 5.69 Å². The van der Waals surface area contributed by atoms with Crippen LogP contribution in [0.5, 0.6) is 0 Å². The lowest BCUT2D eigenvalue weighted by Gasteiger charge is -2.08. The number of carbonyl (C=O) groups is 1. The highest BCUT2D eigenvalue weighted by atomic mass is 79.9. The minimum absolute atomic E-state index is 0.0762. The number of halogens is 2. The van der Waals surface area contributed by atoms with E-state index in [0.29, 0.717) is 5.56 Å². The SMILES string of the molecule is Cc1cc(NS(=O)(=O)c2cc(C(=O)O)sc2Br)cnc1Cl. The van der Waals surface area contributed by atoms with Gasteiger partial charge in [0.05, 0.1) is 15.7 Å². The van der Waals surface area contributed by atoms with Gasteiger partial charge < -0.3 is 5.11 Å². The van der Waals surface area contributed by atoms with Crippen molar-refractivity contribution in [3.63, 3.8) is 0 Å². The number of aryl methyl sites for hydroxylation is 1. The number of carboxylic acid groups (broad SMARTS) is 1. The highest BCUT2D eigenvalue weighted by molar-refractivity contribution is 9.11. The number of anilines is 1. The minimum atomic E-state index is -3.92. The van der Waals surface area contributed by atoms with Gasteiger partial charge in [-0.1, -0.05) is 11.6 Å². The lowest BCUT2D eigenvalue weighted by atomic mass is 10.3. The standard InChI is InChI=1S/C11H8BrClN2O4S2/c1-5-2-6(4-14-10(5)13)15-21(18,19)8-3-7(11(16)17)20-9(8)12/h2-4,15H,1H3,(H,16,17). The second-order valence-electron chi connectivity index (χ2n) is 3.99. The number of sulfonamides is 1. The van der Waals surface area contributed by atoms with Gasteiger partial charge in [-0.15, -0.1) is 11.3 Å². The molecule has 0 unspecified atom stereocenters.